The number of sulfonamides is 1. The van der Waals surface area contributed by atoms with Crippen molar-refractivity contribution in [2.75, 3.05) is 5.32 Å². The van der Waals surface area contributed by atoms with Crippen LogP contribution in [0.25, 0.3) is 0 Å². The number of ether oxygens (including phenoxy) is 1. The van der Waals surface area contributed by atoms with Gasteiger partial charge >= 0.3 is 187 Å². The van der Waals surface area contributed by atoms with Gasteiger partial charge in [0, 0.05) is 0 Å². The van der Waals surface area contributed by atoms with Crippen LogP contribution < -0.4 is 19.7 Å². The Labute approximate surface area is 186 Å². The van der Waals surface area contributed by atoms with Crippen LogP contribution in [0.15, 0.2) is 77.7 Å². The number of hydrogen-bond acceptors (Lipinski definition) is 5. The molecule has 3 N–H and O–H groups in total. The molecule has 0 radical (unpaired) electrons. The zero-order valence-corrected chi connectivity index (χ0v) is 19.1. The number of amides is 1. The summed E-state index contributed by atoms with van der Waals surface area (Å²) in [6.07, 6.45) is 0. The SMILES string of the molecule is CC(=O)Oc1ccccc1C(=O)Nc1ccc([Se]Cc2ccc(S(N)(=O)=O)cc2)cc1. The summed E-state index contributed by atoms with van der Waals surface area (Å²) in [4.78, 5) is 23.9. The van der Waals surface area contributed by atoms with Crippen molar-refractivity contribution in [2.45, 2.75) is 17.1 Å². The maximum atomic E-state index is 12.6. The van der Waals surface area contributed by atoms with Crippen LogP contribution in [-0.2, 0) is 20.1 Å². The average Bonchev–Trinajstić information content (AvgIpc) is 2.73. The molecule has 0 aliphatic heterocycles. The molecule has 31 heavy (non-hydrogen) atoms. The summed E-state index contributed by atoms with van der Waals surface area (Å²) in [7, 11) is -3.68. The van der Waals surface area contributed by atoms with Crippen LogP contribution >= 0.6 is 0 Å². The van der Waals surface area contributed by atoms with Crippen molar-refractivity contribution in [3.8, 4) is 5.75 Å². The molecule has 0 fully saturated rings. The van der Waals surface area contributed by atoms with Crippen molar-refractivity contribution in [3.63, 3.8) is 0 Å². The van der Waals surface area contributed by atoms with Gasteiger partial charge < -0.3 is 0 Å². The van der Waals surface area contributed by atoms with Crippen molar-refractivity contribution in [2.24, 2.45) is 5.14 Å². The van der Waals surface area contributed by atoms with Crippen LogP contribution in [-0.4, -0.2) is 35.3 Å². The van der Waals surface area contributed by atoms with Gasteiger partial charge in [0.25, 0.3) is 0 Å². The average molecular weight is 503 g/mol. The van der Waals surface area contributed by atoms with Gasteiger partial charge in [-0.25, -0.2) is 0 Å². The number of benzene rings is 3. The van der Waals surface area contributed by atoms with Gasteiger partial charge in [-0.15, -0.1) is 0 Å². The van der Waals surface area contributed by atoms with Crippen molar-refractivity contribution in [1.82, 2.24) is 0 Å². The number of carbonyl (C=O) groups is 2. The van der Waals surface area contributed by atoms with E-state index in [-0.39, 0.29) is 37.1 Å². The van der Waals surface area contributed by atoms with Crippen molar-refractivity contribution >= 4 is 47.0 Å². The summed E-state index contributed by atoms with van der Waals surface area (Å²) in [5, 5.41) is 8.70. The van der Waals surface area contributed by atoms with Crippen LogP contribution in [0.3, 0.4) is 0 Å². The Bertz CT molecular complexity index is 1190. The molecule has 0 bridgehead atoms. The number of hydrogen-bond donors (Lipinski definition) is 2. The zero-order chi connectivity index (χ0) is 22.4. The second kappa shape index (κ2) is 9.89. The topological polar surface area (TPSA) is 116 Å². The number of esters is 1. The van der Waals surface area contributed by atoms with E-state index in [1.165, 1.54) is 19.1 Å². The first kappa shape index (κ1) is 22.7. The molecule has 0 saturated heterocycles. The predicted molar refractivity (Wildman–Crippen MR) is 119 cm³/mol. The number of para-hydroxylation sites is 1. The minimum absolute atomic E-state index is 0.0964. The third kappa shape index (κ3) is 6.50. The molecule has 3 aromatic carbocycles. The molecule has 7 nitrogen and oxygen atoms in total. The van der Waals surface area contributed by atoms with Gasteiger partial charge in [-0.3, -0.25) is 0 Å². The van der Waals surface area contributed by atoms with E-state index in [1.807, 2.05) is 24.3 Å². The molecular weight excluding hydrogens is 483 g/mol. The van der Waals surface area contributed by atoms with E-state index >= 15 is 0 Å². The second-order valence-electron chi connectivity index (χ2n) is 6.55. The number of nitrogens with one attached hydrogen (secondary N) is 1. The minimum atomic E-state index is -3.68. The molecule has 3 rings (SSSR count). The Balaban J connectivity index is 1.60. The fourth-order valence-electron chi connectivity index (χ4n) is 2.67. The van der Waals surface area contributed by atoms with E-state index in [0.717, 1.165) is 15.3 Å². The van der Waals surface area contributed by atoms with Crippen LogP contribution in [0.5, 0.6) is 5.75 Å². The summed E-state index contributed by atoms with van der Waals surface area (Å²) in [5.74, 6) is -0.655. The molecule has 0 atom stereocenters. The number of rotatable bonds is 7. The Hall–Kier alpha value is -2.97. The summed E-state index contributed by atoms with van der Waals surface area (Å²) >= 11 is 0.133. The fraction of sp³-hybridized carbons (Fsp3) is 0.0909. The third-order valence-electron chi connectivity index (χ3n) is 4.15. The second-order valence-corrected chi connectivity index (χ2v) is 10.3. The Morgan fingerprint density at radius 3 is 2.23 bits per heavy atom. The quantitative estimate of drug-likeness (QED) is 0.291. The van der Waals surface area contributed by atoms with Crippen LogP contribution in [0.4, 0.5) is 5.69 Å². The number of nitrogens with two attached hydrogens (primary N) is 1. The fourth-order valence-corrected chi connectivity index (χ4v) is 4.98. The molecular formula is C22H20N2O5SSe. The van der Waals surface area contributed by atoms with E-state index in [1.54, 1.807) is 36.4 Å². The molecule has 3 aromatic rings. The molecule has 0 unspecified atom stereocenters. The van der Waals surface area contributed by atoms with Crippen LogP contribution in [0.1, 0.15) is 22.8 Å². The summed E-state index contributed by atoms with van der Waals surface area (Å²) < 4.78 is 28.8. The molecule has 0 aliphatic carbocycles. The van der Waals surface area contributed by atoms with Gasteiger partial charge in [0.05, 0.1) is 0 Å². The standard InChI is InChI=1S/C22H20N2O5SSe/c1-15(25)29-21-5-3-2-4-20(21)22(26)24-17-8-12-19(13-9-17)31-14-16-6-10-18(11-7-16)30(23,27)28/h2-13H,14H2,1H3,(H,24,26)(H2,23,27,28). The predicted octanol–water partition coefficient (Wildman–Crippen LogP) is 2.04. The summed E-state index contributed by atoms with van der Waals surface area (Å²) in [6.45, 7) is 1.28. The van der Waals surface area contributed by atoms with Gasteiger partial charge in [-0.05, 0) is 0 Å². The molecule has 0 aliphatic rings. The summed E-state index contributed by atoms with van der Waals surface area (Å²) in [5.41, 5.74) is 1.92. The molecule has 9 heteroatoms. The van der Waals surface area contributed by atoms with Gasteiger partial charge in [0.15, 0.2) is 0 Å². The van der Waals surface area contributed by atoms with Gasteiger partial charge in [-0.1, -0.05) is 0 Å². The van der Waals surface area contributed by atoms with Gasteiger partial charge in [0.2, 0.25) is 0 Å². The first-order valence-electron chi connectivity index (χ1n) is 9.16. The van der Waals surface area contributed by atoms with Crippen LogP contribution in [0.2, 0.25) is 0 Å². The van der Waals surface area contributed by atoms with E-state index in [0.29, 0.717) is 5.69 Å². The van der Waals surface area contributed by atoms with Crippen molar-refractivity contribution < 1.29 is 22.7 Å². The Kier molecular flexibility index (Phi) is 7.25. The summed E-state index contributed by atoms with van der Waals surface area (Å²) in [6, 6.07) is 20.6. The van der Waals surface area contributed by atoms with E-state index in [2.05, 4.69) is 5.32 Å². The van der Waals surface area contributed by atoms with Gasteiger partial charge in [-0.2, -0.15) is 0 Å². The van der Waals surface area contributed by atoms with E-state index in [9.17, 15) is 18.0 Å². The third-order valence-corrected chi connectivity index (χ3v) is 7.36. The van der Waals surface area contributed by atoms with E-state index in [4.69, 9.17) is 9.88 Å². The zero-order valence-electron chi connectivity index (χ0n) is 16.6. The van der Waals surface area contributed by atoms with Crippen molar-refractivity contribution in [1.29, 1.82) is 0 Å². The molecule has 0 spiro atoms. The molecule has 0 aromatic heterocycles. The van der Waals surface area contributed by atoms with Gasteiger partial charge in [0.1, 0.15) is 0 Å². The molecule has 1 amide bonds. The number of carbonyl (C=O) groups excluding carboxylic acids is 2. The normalized spacial score (nSPS) is 11.0. The van der Waals surface area contributed by atoms with E-state index < -0.39 is 16.0 Å². The monoisotopic (exact) mass is 504 g/mol. The van der Waals surface area contributed by atoms with Crippen LogP contribution in [0, 0.1) is 0 Å². The molecule has 0 heterocycles. The van der Waals surface area contributed by atoms with Crippen molar-refractivity contribution in [3.05, 3.63) is 83.9 Å². The maximum absolute atomic E-state index is 12.6. The number of anilines is 1. The number of primary sulfonamides is 1. The first-order valence-corrected chi connectivity index (χ1v) is 12.8. The Morgan fingerprint density at radius 1 is 0.968 bits per heavy atom. The molecule has 160 valence electrons. The Morgan fingerprint density at radius 2 is 1.61 bits per heavy atom. The first-order chi connectivity index (χ1) is 14.7. The molecule has 0 saturated carbocycles.